The normalized spacial score (nSPS) is 13.6. The fourth-order valence-corrected chi connectivity index (χ4v) is 3.30. The van der Waals surface area contributed by atoms with E-state index in [1.165, 1.54) is 70.6 Å². The molecule has 0 unspecified atom stereocenters. The summed E-state index contributed by atoms with van der Waals surface area (Å²) in [5.74, 6) is -0.136. The van der Waals surface area contributed by atoms with Crippen LogP contribution in [0.25, 0.3) is 0 Å². The molecule has 160 valence electrons. The van der Waals surface area contributed by atoms with E-state index in [0.29, 0.717) is 13.1 Å². The Morgan fingerprint density at radius 2 is 1.54 bits per heavy atom. The minimum Gasteiger partial charge on any atom is -0.352 e. The Kier molecular flexibility index (Phi) is 15.1. The van der Waals surface area contributed by atoms with Gasteiger partial charge in [0.1, 0.15) is 6.67 Å². The predicted molar refractivity (Wildman–Crippen MR) is 118 cm³/mol. The molecule has 0 atom stereocenters. The van der Waals surface area contributed by atoms with Crippen LogP contribution in [0.5, 0.6) is 0 Å². The molecule has 0 spiro atoms. The van der Waals surface area contributed by atoms with Crippen molar-refractivity contribution in [3.05, 3.63) is 37.2 Å². The smallest absolute Gasteiger partial charge is 0.332 e. The number of rotatable bonds is 18. The summed E-state index contributed by atoms with van der Waals surface area (Å²) in [5.41, 5.74) is 0. The Morgan fingerprint density at radius 3 is 2.18 bits per heavy atom. The van der Waals surface area contributed by atoms with Crippen LogP contribution >= 0.6 is 0 Å². The van der Waals surface area contributed by atoms with Crippen molar-refractivity contribution in [2.24, 2.45) is 0 Å². The first-order valence-corrected chi connectivity index (χ1v) is 11.4. The van der Waals surface area contributed by atoms with Gasteiger partial charge in [0.15, 0.2) is 0 Å². The van der Waals surface area contributed by atoms with Gasteiger partial charge in [-0.25, -0.2) is 4.79 Å². The fourth-order valence-electron chi connectivity index (χ4n) is 3.30. The van der Waals surface area contributed by atoms with Crippen molar-refractivity contribution in [3.8, 4) is 0 Å². The maximum Gasteiger partial charge on any atom is 0.332 e. The average Bonchev–Trinajstić information content (AvgIpc) is 3.12. The van der Waals surface area contributed by atoms with Crippen molar-refractivity contribution < 1.29 is 9.63 Å². The molecule has 1 rings (SSSR count). The molecule has 0 bridgehead atoms. The quantitative estimate of drug-likeness (QED) is 0.192. The van der Waals surface area contributed by atoms with Crippen molar-refractivity contribution in [1.29, 1.82) is 0 Å². The van der Waals surface area contributed by atoms with E-state index >= 15 is 0 Å². The largest absolute Gasteiger partial charge is 0.352 e. The number of hydrogen-bond acceptors (Lipinski definition) is 4. The number of nitrogens with zero attached hydrogens (tertiary/aromatic N) is 2. The van der Waals surface area contributed by atoms with Crippen molar-refractivity contribution in [3.63, 3.8) is 0 Å². The summed E-state index contributed by atoms with van der Waals surface area (Å²) in [6.45, 7) is 7.33. The van der Waals surface area contributed by atoms with Crippen LogP contribution in [0.3, 0.4) is 0 Å². The molecular weight excluding hydrogens is 348 g/mol. The highest BCUT2D eigenvalue weighted by Crippen LogP contribution is 2.12. The number of carbonyl (C=O) groups excluding carboxylic acids is 1. The highest BCUT2D eigenvalue weighted by Gasteiger charge is 2.15. The SMILES string of the molecule is C=CCN1C=CN(OC(=O)CCCCCCC/C=C\CCCCCCCC)C1. The molecule has 28 heavy (non-hydrogen) atoms. The number of allylic oxidation sites excluding steroid dienone is 2. The summed E-state index contributed by atoms with van der Waals surface area (Å²) in [5, 5.41) is 1.59. The van der Waals surface area contributed by atoms with E-state index in [4.69, 9.17) is 4.84 Å². The van der Waals surface area contributed by atoms with Gasteiger partial charge in [-0.2, -0.15) is 5.06 Å². The molecule has 0 amide bonds. The third kappa shape index (κ3) is 13.5. The molecule has 0 N–H and O–H groups in total. The molecule has 0 saturated carbocycles. The van der Waals surface area contributed by atoms with Crippen LogP contribution in [-0.2, 0) is 9.63 Å². The van der Waals surface area contributed by atoms with Gasteiger partial charge in [-0.05, 0) is 32.1 Å². The summed E-state index contributed by atoms with van der Waals surface area (Å²) in [4.78, 5) is 19.2. The number of unbranched alkanes of at least 4 members (excludes halogenated alkanes) is 11. The Hall–Kier alpha value is -1.71. The topological polar surface area (TPSA) is 32.8 Å². The van der Waals surface area contributed by atoms with E-state index in [-0.39, 0.29) is 5.97 Å². The monoisotopic (exact) mass is 390 g/mol. The van der Waals surface area contributed by atoms with Gasteiger partial charge in [-0.3, -0.25) is 0 Å². The second-order valence-electron chi connectivity index (χ2n) is 7.71. The standard InChI is InChI=1S/C24H42N2O2/c1-3-5-6-7-8-9-10-11-12-13-14-15-16-17-18-19-24(27)28-26-22-21-25(23-26)20-4-2/h4,11-12,21-22H,2-3,5-10,13-20,23H2,1H3/b12-11-. The van der Waals surface area contributed by atoms with E-state index in [0.717, 1.165) is 19.4 Å². The fraction of sp³-hybridized carbons (Fsp3) is 0.708. The van der Waals surface area contributed by atoms with Gasteiger partial charge in [-0.15, -0.1) is 6.58 Å². The van der Waals surface area contributed by atoms with Gasteiger partial charge in [0.2, 0.25) is 0 Å². The van der Waals surface area contributed by atoms with Crippen LogP contribution in [0.1, 0.15) is 96.8 Å². The first kappa shape index (κ1) is 24.3. The summed E-state index contributed by atoms with van der Waals surface area (Å²) in [7, 11) is 0. The van der Waals surface area contributed by atoms with Crippen LogP contribution in [0, 0.1) is 0 Å². The van der Waals surface area contributed by atoms with Crippen molar-refractivity contribution in [2.45, 2.75) is 96.8 Å². The van der Waals surface area contributed by atoms with Crippen molar-refractivity contribution >= 4 is 5.97 Å². The minimum absolute atomic E-state index is 0.136. The van der Waals surface area contributed by atoms with Crippen LogP contribution in [0.4, 0.5) is 0 Å². The zero-order valence-electron chi connectivity index (χ0n) is 18.1. The molecule has 1 heterocycles. The summed E-state index contributed by atoms with van der Waals surface area (Å²) in [6, 6.07) is 0. The molecule has 4 heteroatoms. The lowest BCUT2D eigenvalue weighted by Gasteiger charge is -2.18. The molecule has 1 aliphatic heterocycles. The number of hydroxylamine groups is 2. The average molecular weight is 391 g/mol. The molecule has 0 aromatic rings. The number of hydrogen-bond donors (Lipinski definition) is 0. The highest BCUT2D eigenvalue weighted by molar-refractivity contribution is 5.69. The van der Waals surface area contributed by atoms with Gasteiger partial charge >= 0.3 is 5.97 Å². The van der Waals surface area contributed by atoms with Gasteiger partial charge < -0.3 is 9.74 Å². The zero-order chi connectivity index (χ0) is 20.3. The number of carbonyl (C=O) groups is 1. The lowest BCUT2D eigenvalue weighted by atomic mass is 10.1. The second-order valence-corrected chi connectivity index (χ2v) is 7.71. The maximum atomic E-state index is 11.9. The Balaban J connectivity index is 1.84. The third-order valence-corrected chi connectivity index (χ3v) is 4.99. The highest BCUT2D eigenvalue weighted by atomic mass is 16.7. The molecule has 0 aromatic heterocycles. The maximum absolute atomic E-state index is 11.9. The van der Waals surface area contributed by atoms with E-state index in [1.54, 1.807) is 11.3 Å². The Morgan fingerprint density at radius 1 is 0.929 bits per heavy atom. The zero-order valence-corrected chi connectivity index (χ0v) is 18.1. The Labute approximate surface area is 173 Å². The first-order chi connectivity index (χ1) is 13.8. The van der Waals surface area contributed by atoms with E-state index in [1.807, 2.05) is 17.2 Å². The second kappa shape index (κ2) is 17.4. The molecule has 0 aliphatic carbocycles. The lowest BCUT2D eigenvalue weighted by Crippen LogP contribution is -2.27. The summed E-state index contributed by atoms with van der Waals surface area (Å²) >= 11 is 0. The molecule has 4 nitrogen and oxygen atoms in total. The van der Waals surface area contributed by atoms with Crippen LogP contribution in [-0.4, -0.2) is 29.1 Å². The first-order valence-electron chi connectivity index (χ1n) is 11.4. The van der Waals surface area contributed by atoms with Gasteiger partial charge in [-0.1, -0.05) is 76.5 Å². The van der Waals surface area contributed by atoms with Gasteiger partial charge in [0, 0.05) is 19.2 Å². The summed E-state index contributed by atoms with van der Waals surface area (Å²) in [6.07, 6.45) is 27.2. The minimum atomic E-state index is -0.136. The van der Waals surface area contributed by atoms with Crippen molar-refractivity contribution in [2.75, 3.05) is 13.2 Å². The van der Waals surface area contributed by atoms with Crippen LogP contribution in [0.15, 0.2) is 37.2 Å². The van der Waals surface area contributed by atoms with Crippen LogP contribution in [0.2, 0.25) is 0 Å². The lowest BCUT2D eigenvalue weighted by molar-refractivity contribution is -0.180. The van der Waals surface area contributed by atoms with E-state index < -0.39 is 0 Å². The van der Waals surface area contributed by atoms with E-state index in [9.17, 15) is 4.79 Å². The molecule has 0 fully saturated rings. The predicted octanol–water partition coefficient (Wildman–Crippen LogP) is 6.71. The Bertz CT molecular complexity index is 460. The molecule has 0 aromatic carbocycles. The third-order valence-electron chi connectivity index (χ3n) is 4.99. The molecule has 0 radical (unpaired) electrons. The van der Waals surface area contributed by atoms with Gasteiger partial charge in [0.05, 0.1) is 6.20 Å². The molecule has 1 aliphatic rings. The summed E-state index contributed by atoms with van der Waals surface area (Å²) < 4.78 is 0. The van der Waals surface area contributed by atoms with Crippen LogP contribution < -0.4 is 0 Å². The van der Waals surface area contributed by atoms with Crippen molar-refractivity contribution in [1.82, 2.24) is 9.96 Å². The molecular formula is C24H42N2O2. The van der Waals surface area contributed by atoms with E-state index in [2.05, 4.69) is 25.7 Å². The molecule has 0 saturated heterocycles. The van der Waals surface area contributed by atoms with Gasteiger partial charge in [0.25, 0.3) is 0 Å².